The third-order valence-corrected chi connectivity index (χ3v) is 3.78. The fourth-order valence-electron chi connectivity index (χ4n) is 2.56. The number of aliphatic hydroxyl groups excluding tert-OH is 1. The van der Waals surface area contributed by atoms with Crippen LogP contribution in [-0.4, -0.2) is 54.9 Å². The predicted octanol–water partition coefficient (Wildman–Crippen LogP) is 1.29. The summed E-state index contributed by atoms with van der Waals surface area (Å²) in [5, 5.41) is 9.97. The van der Waals surface area contributed by atoms with E-state index in [9.17, 15) is 9.90 Å². The number of β-amino-alcohol motifs (C(OH)–C–C–N with tert-alkyl or cyclic N) is 1. The van der Waals surface area contributed by atoms with Crippen molar-refractivity contribution in [2.24, 2.45) is 5.73 Å². The molecule has 1 aliphatic rings. The van der Waals surface area contributed by atoms with Gasteiger partial charge in [-0.3, -0.25) is 9.69 Å². The van der Waals surface area contributed by atoms with Gasteiger partial charge in [0, 0.05) is 26.1 Å². The van der Waals surface area contributed by atoms with Crippen LogP contribution < -0.4 is 5.73 Å². The van der Waals surface area contributed by atoms with E-state index < -0.39 is 0 Å². The van der Waals surface area contributed by atoms with Crippen LogP contribution in [0.3, 0.4) is 0 Å². The van der Waals surface area contributed by atoms with E-state index in [0.717, 1.165) is 71.4 Å². The number of nitrogens with zero attached hydrogens (tertiary/aromatic N) is 1. The first-order chi connectivity index (χ1) is 9.68. The van der Waals surface area contributed by atoms with E-state index in [1.165, 1.54) is 6.42 Å². The highest BCUT2D eigenvalue weighted by atomic mass is 16.5. The SMILES string of the molecule is NC(=O)CCCCCCCCC(O)CN1CCOCC1. The fourth-order valence-corrected chi connectivity index (χ4v) is 2.56. The number of carbonyl (C=O) groups excluding carboxylic acids is 1. The van der Waals surface area contributed by atoms with Crippen molar-refractivity contribution in [1.29, 1.82) is 0 Å². The molecule has 0 bridgehead atoms. The summed E-state index contributed by atoms with van der Waals surface area (Å²) in [4.78, 5) is 12.8. The number of ether oxygens (including phenoxy) is 1. The number of primary amides is 1. The van der Waals surface area contributed by atoms with Gasteiger partial charge in [0.1, 0.15) is 0 Å². The lowest BCUT2D eigenvalue weighted by Gasteiger charge is -2.28. The molecule has 1 fully saturated rings. The molecule has 1 unspecified atom stereocenters. The smallest absolute Gasteiger partial charge is 0.217 e. The Kier molecular flexibility index (Phi) is 9.62. The summed E-state index contributed by atoms with van der Waals surface area (Å²) in [5.74, 6) is -0.198. The lowest BCUT2D eigenvalue weighted by molar-refractivity contribution is -0.118. The van der Waals surface area contributed by atoms with Crippen LogP contribution in [0.15, 0.2) is 0 Å². The summed E-state index contributed by atoms with van der Waals surface area (Å²) in [6.45, 7) is 4.24. The zero-order chi connectivity index (χ0) is 14.6. The monoisotopic (exact) mass is 286 g/mol. The number of hydrogen-bond donors (Lipinski definition) is 2. The van der Waals surface area contributed by atoms with E-state index in [2.05, 4.69) is 4.90 Å². The number of rotatable bonds is 11. The minimum Gasteiger partial charge on any atom is -0.392 e. The number of amides is 1. The molecule has 1 saturated heterocycles. The molecule has 0 spiro atoms. The Morgan fingerprint density at radius 2 is 1.70 bits per heavy atom. The van der Waals surface area contributed by atoms with Crippen molar-refractivity contribution < 1.29 is 14.6 Å². The Balaban J connectivity index is 1.86. The van der Waals surface area contributed by atoms with Crippen LogP contribution in [0.2, 0.25) is 0 Å². The molecule has 1 rings (SSSR count). The van der Waals surface area contributed by atoms with E-state index >= 15 is 0 Å². The van der Waals surface area contributed by atoms with Gasteiger partial charge in [-0.1, -0.05) is 32.1 Å². The van der Waals surface area contributed by atoms with Crippen LogP contribution in [0.1, 0.15) is 51.4 Å². The summed E-state index contributed by atoms with van der Waals surface area (Å²) in [6, 6.07) is 0. The molecule has 0 aromatic rings. The number of aliphatic hydroxyl groups is 1. The largest absolute Gasteiger partial charge is 0.392 e. The highest BCUT2D eigenvalue weighted by Gasteiger charge is 2.14. The zero-order valence-electron chi connectivity index (χ0n) is 12.6. The Labute approximate surface area is 122 Å². The van der Waals surface area contributed by atoms with Crippen LogP contribution in [0.4, 0.5) is 0 Å². The van der Waals surface area contributed by atoms with Crippen molar-refractivity contribution in [2.45, 2.75) is 57.5 Å². The molecule has 1 heterocycles. The predicted molar refractivity (Wildman–Crippen MR) is 79.4 cm³/mol. The first-order valence-electron chi connectivity index (χ1n) is 7.95. The number of carbonyl (C=O) groups is 1. The maximum absolute atomic E-state index is 10.6. The Bertz CT molecular complexity index is 256. The van der Waals surface area contributed by atoms with Gasteiger partial charge in [-0.2, -0.15) is 0 Å². The lowest BCUT2D eigenvalue weighted by atomic mass is 10.1. The second-order valence-corrected chi connectivity index (χ2v) is 5.69. The van der Waals surface area contributed by atoms with Gasteiger partial charge in [-0.25, -0.2) is 0 Å². The maximum Gasteiger partial charge on any atom is 0.217 e. The zero-order valence-corrected chi connectivity index (χ0v) is 12.6. The quantitative estimate of drug-likeness (QED) is 0.561. The first kappa shape index (κ1) is 17.4. The molecule has 0 radical (unpaired) electrons. The molecule has 0 aromatic heterocycles. The first-order valence-corrected chi connectivity index (χ1v) is 7.95. The molecule has 1 atom stereocenters. The van der Waals surface area contributed by atoms with Gasteiger partial charge in [-0.05, 0) is 12.8 Å². The fraction of sp³-hybridized carbons (Fsp3) is 0.933. The van der Waals surface area contributed by atoms with Crippen LogP contribution in [-0.2, 0) is 9.53 Å². The van der Waals surface area contributed by atoms with Gasteiger partial charge >= 0.3 is 0 Å². The molecule has 20 heavy (non-hydrogen) atoms. The van der Waals surface area contributed by atoms with Gasteiger partial charge in [0.05, 0.1) is 19.3 Å². The minimum atomic E-state index is -0.206. The lowest BCUT2D eigenvalue weighted by Crippen LogP contribution is -2.40. The Morgan fingerprint density at radius 1 is 1.10 bits per heavy atom. The van der Waals surface area contributed by atoms with Gasteiger partial charge in [0.2, 0.25) is 5.91 Å². The number of unbranched alkanes of at least 4 members (excludes halogenated alkanes) is 5. The average Bonchev–Trinajstić information content (AvgIpc) is 2.42. The molecule has 5 nitrogen and oxygen atoms in total. The summed E-state index contributed by atoms with van der Waals surface area (Å²) in [7, 11) is 0. The number of nitrogens with two attached hydrogens (primary N) is 1. The van der Waals surface area contributed by atoms with Crippen molar-refractivity contribution >= 4 is 5.91 Å². The van der Waals surface area contributed by atoms with Crippen LogP contribution in [0.25, 0.3) is 0 Å². The number of hydrogen-bond acceptors (Lipinski definition) is 4. The molecule has 1 aliphatic heterocycles. The molecule has 118 valence electrons. The van der Waals surface area contributed by atoms with Crippen molar-refractivity contribution in [3.05, 3.63) is 0 Å². The Hall–Kier alpha value is -0.650. The highest BCUT2D eigenvalue weighted by molar-refractivity contribution is 5.73. The molecule has 0 saturated carbocycles. The number of morpholine rings is 1. The molecular formula is C15H30N2O3. The third-order valence-electron chi connectivity index (χ3n) is 3.78. The van der Waals surface area contributed by atoms with Gasteiger partial charge in [0.25, 0.3) is 0 Å². The second-order valence-electron chi connectivity index (χ2n) is 5.69. The van der Waals surface area contributed by atoms with E-state index in [1.54, 1.807) is 0 Å². The maximum atomic E-state index is 10.6. The van der Waals surface area contributed by atoms with Crippen molar-refractivity contribution in [1.82, 2.24) is 4.90 Å². The van der Waals surface area contributed by atoms with E-state index in [-0.39, 0.29) is 12.0 Å². The molecule has 1 amide bonds. The van der Waals surface area contributed by atoms with Gasteiger partial charge in [-0.15, -0.1) is 0 Å². The van der Waals surface area contributed by atoms with E-state index in [1.807, 2.05) is 0 Å². The molecule has 0 aliphatic carbocycles. The molecule has 3 N–H and O–H groups in total. The topological polar surface area (TPSA) is 75.8 Å². The molecular weight excluding hydrogens is 256 g/mol. The van der Waals surface area contributed by atoms with Gasteiger partial charge in [0.15, 0.2) is 0 Å². The van der Waals surface area contributed by atoms with E-state index in [0.29, 0.717) is 6.42 Å². The molecule has 0 aromatic carbocycles. The molecule has 5 heteroatoms. The summed E-state index contributed by atoms with van der Waals surface area (Å²) in [6.07, 6.45) is 7.78. The average molecular weight is 286 g/mol. The minimum absolute atomic E-state index is 0.198. The van der Waals surface area contributed by atoms with Crippen molar-refractivity contribution in [3.63, 3.8) is 0 Å². The van der Waals surface area contributed by atoms with E-state index in [4.69, 9.17) is 10.5 Å². The normalized spacial score (nSPS) is 18.1. The van der Waals surface area contributed by atoms with Gasteiger partial charge < -0.3 is 15.6 Å². The van der Waals surface area contributed by atoms with Crippen molar-refractivity contribution in [2.75, 3.05) is 32.8 Å². The Morgan fingerprint density at radius 3 is 2.35 bits per heavy atom. The summed E-state index contributed by atoms with van der Waals surface area (Å²) in [5.41, 5.74) is 5.09. The summed E-state index contributed by atoms with van der Waals surface area (Å²) < 4.78 is 5.29. The third kappa shape index (κ3) is 9.28. The van der Waals surface area contributed by atoms with Crippen LogP contribution >= 0.6 is 0 Å². The van der Waals surface area contributed by atoms with Crippen molar-refractivity contribution in [3.8, 4) is 0 Å². The highest BCUT2D eigenvalue weighted by Crippen LogP contribution is 2.10. The standard InChI is InChI=1S/C15H30N2O3/c16-15(19)8-6-4-2-1-3-5-7-14(18)13-17-9-11-20-12-10-17/h14,18H,1-13H2,(H2,16,19). The van der Waals surface area contributed by atoms with Crippen LogP contribution in [0.5, 0.6) is 0 Å². The summed E-state index contributed by atoms with van der Waals surface area (Å²) >= 11 is 0. The second kappa shape index (κ2) is 11.1. The van der Waals surface area contributed by atoms with Crippen LogP contribution in [0, 0.1) is 0 Å².